The largest absolute Gasteiger partial charge is 0.469 e. The number of likely N-dealkylation sites (tertiary alicyclic amines) is 1. The number of nitrogens with zero attached hydrogens (tertiary/aromatic N) is 1. The van der Waals surface area contributed by atoms with E-state index in [1.54, 1.807) is 13.0 Å². The second kappa shape index (κ2) is 10.7. The average Bonchev–Trinajstić information content (AvgIpc) is 3.58. The van der Waals surface area contributed by atoms with Gasteiger partial charge in [0.05, 0.1) is 17.9 Å². The van der Waals surface area contributed by atoms with Crippen LogP contribution in [0.4, 0.5) is 0 Å². The maximum absolute atomic E-state index is 13.6. The van der Waals surface area contributed by atoms with Crippen LogP contribution in [-0.2, 0) is 19.7 Å². The van der Waals surface area contributed by atoms with Crippen LogP contribution in [-0.4, -0.2) is 66.9 Å². The zero-order chi connectivity index (χ0) is 25.0. The number of Topliss-reactive ketones (excluding diaryl/α,β-unsaturated/α-hetero) is 1. The molecule has 1 aromatic heterocycles. The number of aryl methyl sites for hydroxylation is 1. The van der Waals surface area contributed by atoms with Gasteiger partial charge in [-0.1, -0.05) is 44.2 Å². The summed E-state index contributed by atoms with van der Waals surface area (Å²) < 4.78 is 11.0. The molecule has 2 aliphatic rings. The maximum Gasteiger partial charge on any atom is 0.255 e. The fourth-order valence-corrected chi connectivity index (χ4v) is 4.97. The van der Waals surface area contributed by atoms with Crippen LogP contribution in [0.3, 0.4) is 0 Å². The Bertz CT molecular complexity index is 1040. The first kappa shape index (κ1) is 25.1. The number of nitrogens with one attached hydrogen (secondary N) is 2. The third-order valence-corrected chi connectivity index (χ3v) is 7.09. The standard InChI is InChI=1S/C27H35N3O5/c1-18-20(11-14-34-18)25(32)28-21(15-27(2,3)19-9-5-4-6-10-19)26(33)29-24-22(31)17-35-23(24)16-30-12-7-8-13-30/h4-6,9-11,14,21,23-24H,7-8,12-13,15-17H2,1-3H3,(H,28,32)(H,29,33)/t21-,23?,24?/m0/s1. The molecule has 2 fully saturated rings. The van der Waals surface area contributed by atoms with Crippen LogP contribution in [0.2, 0.25) is 0 Å². The minimum absolute atomic E-state index is 0.00972. The van der Waals surface area contributed by atoms with E-state index in [-0.39, 0.29) is 24.4 Å². The summed E-state index contributed by atoms with van der Waals surface area (Å²) in [7, 11) is 0. The van der Waals surface area contributed by atoms with E-state index in [4.69, 9.17) is 9.15 Å². The number of hydrogen-bond donors (Lipinski definition) is 2. The highest BCUT2D eigenvalue weighted by molar-refractivity contribution is 5.99. The lowest BCUT2D eigenvalue weighted by Gasteiger charge is -2.31. The number of ketones is 1. The molecule has 3 atom stereocenters. The van der Waals surface area contributed by atoms with Gasteiger partial charge in [0.25, 0.3) is 5.91 Å². The summed E-state index contributed by atoms with van der Waals surface area (Å²) in [5.74, 6) is -0.434. The zero-order valence-electron chi connectivity index (χ0n) is 20.7. The Balaban J connectivity index is 1.52. The van der Waals surface area contributed by atoms with Gasteiger partial charge in [-0.2, -0.15) is 0 Å². The molecule has 0 bridgehead atoms. The van der Waals surface area contributed by atoms with Crippen LogP contribution in [0.25, 0.3) is 0 Å². The molecule has 2 amide bonds. The van der Waals surface area contributed by atoms with Crippen molar-refractivity contribution in [3.8, 4) is 0 Å². The Morgan fingerprint density at radius 1 is 1.14 bits per heavy atom. The minimum Gasteiger partial charge on any atom is -0.469 e. The average molecular weight is 482 g/mol. The van der Waals surface area contributed by atoms with Crippen LogP contribution >= 0.6 is 0 Å². The van der Waals surface area contributed by atoms with E-state index in [0.717, 1.165) is 31.5 Å². The molecular weight excluding hydrogens is 446 g/mol. The highest BCUT2D eigenvalue weighted by Crippen LogP contribution is 2.29. The molecule has 0 saturated carbocycles. The molecular formula is C27H35N3O5. The molecule has 2 aliphatic heterocycles. The minimum atomic E-state index is -0.854. The van der Waals surface area contributed by atoms with Gasteiger partial charge in [-0.25, -0.2) is 0 Å². The number of carbonyl (C=O) groups excluding carboxylic acids is 3. The molecule has 2 unspecified atom stereocenters. The van der Waals surface area contributed by atoms with Crippen LogP contribution < -0.4 is 10.6 Å². The molecule has 2 saturated heterocycles. The smallest absolute Gasteiger partial charge is 0.255 e. The summed E-state index contributed by atoms with van der Waals surface area (Å²) in [6.45, 7) is 8.33. The predicted octanol–water partition coefficient (Wildman–Crippen LogP) is 2.60. The molecule has 1 aromatic carbocycles. The topological polar surface area (TPSA) is 101 Å². The van der Waals surface area contributed by atoms with Crippen molar-refractivity contribution in [2.75, 3.05) is 26.2 Å². The molecule has 2 N–H and O–H groups in total. The molecule has 3 heterocycles. The molecule has 0 aliphatic carbocycles. The monoisotopic (exact) mass is 481 g/mol. The van der Waals surface area contributed by atoms with Gasteiger partial charge in [0, 0.05) is 6.54 Å². The van der Waals surface area contributed by atoms with Crippen molar-refractivity contribution in [1.29, 1.82) is 0 Å². The van der Waals surface area contributed by atoms with Gasteiger partial charge in [-0.15, -0.1) is 0 Å². The number of amides is 2. The first-order valence-electron chi connectivity index (χ1n) is 12.3. The van der Waals surface area contributed by atoms with Gasteiger partial charge in [-0.3, -0.25) is 14.4 Å². The van der Waals surface area contributed by atoms with Gasteiger partial charge in [-0.05, 0) is 56.3 Å². The van der Waals surface area contributed by atoms with Crippen LogP contribution in [0.1, 0.15) is 54.8 Å². The zero-order valence-corrected chi connectivity index (χ0v) is 20.7. The number of furan rings is 1. The molecule has 8 heteroatoms. The van der Waals surface area contributed by atoms with Gasteiger partial charge in [0.15, 0.2) is 5.78 Å². The van der Waals surface area contributed by atoms with Gasteiger partial charge in [0.1, 0.15) is 24.5 Å². The molecule has 0 spiro atoms. The van der Waals surface area contributed by atoms with Gasteiger partial charge >= 0.3 is 0 Å². The molecule has 8 nitrogen and oxygen atoms in total. The summed E-state index contributed by atoms with van der Waals surface area (Å²) in [5.41, 5.74) is 1.03. The van der Waals surface area contributed by atoms with Crippen LogP contribution in [0, 0.1) is 6.92 Å². The number of rotatable bonds is 9. The van der Waals surface area contributed by atoms with E-state index in [0.29, 0.717) is 24.3 Å². The van der Waals surface area contributed by atoms with E-state index in [9.17, 15) is 14.4 Å². The van der Waals surface area contributed by atoms with E-state index in [1.165, 1.54) is 6.26 Å². The molecule has 0 radical (unpaired) electrons. The molecule has 188 valence electrons. The highest BCUT2D eigenvalue weighted by Gasteiger charge is 2.40. The first-order valence-corrected chi connectivity index (χ1v) is 12.3. The number of hydrogen-bond acceptors (Lipinski definition) is 6. The van der Waals surface area contributed by atoms with Crippen molar-refractivity contribution in [2.24, 2.45) is 0 Å². The van der Waals surface area contributed by atoms with E-state index >= 15 is 0 Å². The predicted molar refractivity (Wildman–Crippen MR) is 131 cm³/mol. The second-order valence-electron chi connectivity index (χ2n) is 10.2. The molecule has 35 heavy (non-hydrogen) atoms. The summed E-state index contributed by atoms with van der Waals surface area (Å²) in [4.78, 5) is 41.5. The SMILES string of the molecule is Cc1occc1C(=O)N[C@@H](CC(C)(C)c1ccccc1)C(=O)NC1C(=O)COC1CN1CCCC1. The van der Waals surface area contributed by atoms with Crippen molar-refractivity contribution in [3.05, 3.63) is 59.5 Å². The Kier molecular flexibility index (Phi) is 7.72. The summed E-state index contributed by atoms with van der Waals surface area (Å²) in [6, 6.07) is 9.89. The number of benzene rings is 1. The van der Waals surface area contributed by atoms with E-state index in [1.807, 2.05) is 44.2 Å². The lowest BCUT2D eigenvalue weighted by atomic mass is 9.78. The van der Waals surface area contributed by atoms with Crippen LogP contribution in [0.5, 0.6) is 0 Å². The van der Waals surface area contributed by atoms with Crippen molar-refractivity contribution in [2.45, 2.75) is 63.6 Å². The Morgan fingerprint density at radius 3 is 2.51 bits per heavy atom. The third-order valence-electron chi connectivity index (χ3n) is 7.09. The third kappa shape index (κ3) is 6.00. The molecule has 2 aromatic rings. The first-order chi connectivity index (χ1) is 16.7. The van der Waals surface area contributed by atoms with Gasteiger partial charge < -0.3 is 24.7 Å². The maximum atomic E-state index is 13.6. The van der Waals surface area contributed by atoms with E-state index < -0.39 is 23.4 Å². The summed E-state index contributed by atoms with van der Waals surface area (Å²) in [6.07, 6.45) is 3.68. The van der Waals surface area contributed by atoms with Crippen molar-refractivity contribution >= 4 is 17.6 Å². The van der Waals surface area contributed by atoms with Crippen molar-refractivity contribution in [1.82, 2.24) is 15.5 Å². The van der Waals surface area contributed by atoms with Crippen molar-refractivity contribution < 1.29 is 23.5 Å². The van der Waals surface area contributed by atoms with E-state index in [2.05, 4.69) is 15.5 Å². The van der Waals surface area contributed by atoms with Crippen molar-refractivity contribution in [3.63, 3.8) is 0 Å². The quantitative estimate of drug-likeness (QED) is 0.571. The Labute approximate surface area is 206 Å². The molecule has 4 rings (SSSR count). The fraction of sp³-hybridized carbons (Fsp3) is 0.519. The second-order valence-corrected chi connectivity index (χ2v) is 10.2. The number of ether oxygens (including phenoxy) is 1. The summed E-state index contributed by atoms with van der Waals surface area (Å²) >= 11 is 0. The number of carbonyl (C=O) groups is 3. The van der Waals surface area contributed by atoms with Gasteiger partial charge in [0.2, 0.25) is 5.91 Å². The Hall–Kier alpha value is -2.97. The fourth-order valence-electron chi connectivity index (χ4n) is 4.97. The normalized spacial score (nSPS) is 21.7. The van der Waals surface area contributed by atoms with Crippen LogP contribution in [0.15, 0.2) is 47.1 Å². The summed E-state index contributed by atoms with van der Waals surface area (Å²) in [5, 5.41) is 5.80. The highest BCUT2D eigenvalue weighted by atomic mass is 16.5. The Morgan fingerprint density at radius 2 is 1.86 bits per heavy atom. The lowest BCUT2D eigenvalue weighted by molar-refractivity contribution is -0.128. The lowest BCUT2D eigenvalue weighted by Crippen LogP contribution is -2.56.